The summed E-state index contributed by atoms with van der Waals surface area (Å²) in [4.78, 5) is 101. The third-order valence-electron chi connectivity index (χ3n) is 11.6. The molecular formula is C46H71N7O11S2. The summed E-state index contributed by atoms with van der Waals surface area (Å²) in [6.45, 7) is 12.9. The lowest BCUT2D eigenvalue weighted by molar-refractivity contribution is -0.160. The van der Waals surface area contributed by atoms with Crippen molar-refractivity contribution in [1.29, 1.82) is 0 Å². The van der Waals surface area contributed by atoms with E-state index in [1.807, 2.05) is 52.8 Å². The monoisotopic (exact) mass is 961 g/mol. The highest BCUT2D eigenvalue weighted by molar-refractivity contribution is 7.98. The summed E-state index contributed by atoms with van der Waals surface area (Å²) in [6.07, 6.45) is 4.26. The van der Waals surface area contributed by atoms with E-state index in [2.05, 4.69) is 26.5 Å². The molecule has 2 heterocycles. The van der Waals surface area contributed by atoms with Gasteiger partial charge in [-0.15, -0.1) is 11.3 Å². The number of aromatic hydroxyl groups is 1. The maximum absolute atomic E-state index is 14.8. The highest BCUT2D eigenvalue weighted by Crippen LogP contribution is 2.32. The number of phenols is 1. The van der Waals surface area contributed by atoms with Gasteiger partial charge in [-0.2, -0.15) is 11.8 Å². The normalized spacial score (nSPS) is 16.7. The van der Waals surface area contributed by atoms with E-state index in [4.69, 9.17) is 14.2 Å². The first-order chi connectivity index (χ1) is 31.4. The van der Waals surface area contributed by atoms with Crippen LogP contribution in [0.1, 0.15) is 127 Å². The second-order valence-corrected chi connectivity index (χ2v) is 19.1. The quantitative estimate of drug-likeness (QED) is 0.0272. The molecule has 368 valence electrons. The summed E-state index contributed by atoms with van der Waals surface area (Å²) >= 11 is 2.59. The summed E-state index contributed by atoms with van der Waals surface area (Å²) < 4.78 is 16.6. The number of thiazole rings is 1. The van der Waals surface area contributed by atoms with Crippen molar-refractivity contribution >= 4 is 64.8 Å². The third-order valence-corrected chi connectivity index (χ3v) is 13.1. The van der Waals surface area contributed by atoms with E-state index in [1.165, 1.54) is 41.1 Å². The first-order valence-corrected chi connectivity index (χ1v) is 25.1. The first kappa shape index (κ1) is 55.4. The van der Waals surface area contributed by atoms with Crippen molar-refractivity contribution in [3.05, 3.63) is 45.9 Å². The highest BCUT2D eigenvalue weighted by Gasteiger charge is 2.39. The van der Waals surface area contributed by atoms with E-state index in [9.17, 15) is 38.7 Å². The molecule has 20 heteroatoms. The number of likely N-dealkylation sites (tertiary alicyclic amines) is 1. The number of nitrogens with one attached hydrogen (secondary N) is 4. The zero-order chi connectivity index (χ0) is 48.9. The number of carbonyl (C=O) groups is 7. The highest BCUT2D eigenvalue weighted by atomic mass is 32.2. The van der Waals surface area contributed by atoms with Crippen LogP contribution in [0.4, 0.5) is 4.79 Å². The molecule has 18 nitrogen and oxygen atoms in total. The number of ether oxygens (including phenoxy) is 3. The van der Waals surface area contributed by atoms with Crippen LogP contribution in [0, 0.1) is 17.8 Å². The van der Waals surface area contributed by atoms with E-state index in [1.54, 1.807) is 19.1 Å². The van der Waals surface area contributed by atoms with Gasteiger partial charge in [0, 0.05) is 48.9 Å². The van der Waals surface area contributed by atoms with Crippen LogP contribution in [0.15, 0.2) is 29.6 Å². The van der Waals surface area contributed by atoms with Crippen molar-refractivity contribution in [3.8, 4) is 5.75 Å². The molecule has 0 aliphatic carbocycles. The summed E-state index contributed by atoms with van der Waals surface area (Å²) in [5.41, 5.74) is 5.38. The van der Waals surface area contributed by atoms with E-state index in [0.29, 0.717) is 25.0 Å². The predicted octanol–water partition coefficient (Wildman–Crippen LogP) is 5.50. The van der Waals surface area contributed by atoms with E-state index < -0.39 is 72.6 Å². The molecule has 1 aromatic carbocycles. The molecule has 1 aromatic heterocycles. The number of rotatable bonds is 25. The topological polar surface area (TPSA) is 235 Å². The van der Waals surface area contributed by atoms with Gasteiger partial charge in [0.1, 0.15) is 29.1 Å². The molecule has 0 radical (unpaired) electrons. The van der Waals surface area contributed by atoms with Gasteiger partial charge in [-0.05, 0) is 81.5 Å². The third kappa shape index (κ3) is 18.0. The SMILES string of the molecule is CCCC(=O)OCN(C(=O)[C@@H](NC(=O)[C@H]1CCCCN1C)C(C)CC)[C@H](C[C@@H](OC(C)=O)c1nc(C(=O)N[C@@H](Cc2ccc(O)cc2)C[C@H](C)C(=O)NNC(=O)OCCSC)cs1)C(C)C. The summed E-state index contributed by atoms with van der Waals surface area (Å²) in [6, 6.07) is 3.78. The smallest absolute Gasteiger partial charge is 0.426 e. The standard InChI is InChI=1S/C46H71N7O11S2/c1-10-14-39(56)63-27-53(45(60)40(29(5)11-2)49-43(59)36-15-12-13-20-52(36)8)37(28(3)4)25-38(64-31(7)54)44-48-35(26-66-44)42(58)47-33(24-32-16-18-34(55)19-17-32)23-30(6)41(57)50-51-46(61)62-21-22-65-9/h16-19,26,28-30,33,36-38,40,55H,10-15,20-25,27H2,1-9H3,(H,47,58)(H,49,59)(H,50,57)(H,51,61)/t29?,30-,33+,36+,37+,38+,40-/m0/s1. The Morgan fingerprint density at radius 2 is 1.70 bits per heavy atom. The van der Waals surface area contributed by atoms with Gasteiger partial charge in [0.2, 0.25) is 17.7 Å². The Balaban J connectivity index is 1.92. The van der Waals surface area contributed by atoms with Crippen LogP contribution in [-0.2, 0) is 44.6 Å². The Bertz CT molecular complexity index is 1900. The molecule has 0 bridgehead atoms. The number of piperidine rings is 1. The second-order valence-electron chi connectivity index (χ2n) is 17.2. The fraction of sp³-hybridized carbons (Fsp3) is 0.652. The van der Waals surface area contributed by atoms with Gasteiger partial charge < -0.3 is 34.9 Å². The average molecular weight is 962 g/mol. The summed E-state index contributed by atoms with van der Waals surface area (Å²) in [7, 11) is 1.90. The summed E-state index contributed by atoms with van der Waals surface area (Å²) in [5.74, 6) is -3.48. The number of thioether (sulfide) groups is 1. The minimum absolute atomic E-state index is 0.0179. The zero-order valence-electron chi connectivity index (χ0n) is 39.9. The first-order valence-electron chi connectivity index (χ1n) is 22.8. The Morgan fingerprint density at radius 3 is 2.32 bits per heavy atom. The number of amides is 5. The zero-order valence-corrected chi connectivity index (χ0v) is 41.5. The molecule has 3 rings (SSSR count). The molecule has 1 aliphatic rings. The van der Waals surface area contributed by atoms with Crippen molar-refractivity contribution in [2.45, 2.75) is 137 Å². The van der Waals surface area contributed by atoms with Crippen molar-refractivity contribution < 1.29 is 52.9 Å². The van der Waals surface area contributed by atoms with Crippen LogP contribution in [0.5, 0.6) is 5.75 Å². The van der Waals surface area contributed by atoms with Crippen LogP contribution >= 0.6 is 23.1 Å². The Labute approximate surface area is 397 Å². The van der Waals surface area contributed by atoms with Gasteiger partial charge >= 0.3 is 18.0 Å². The number of nitrogens with zero attached hydrogens (tertiary/aromatic N) is 3. The molecule has 1 saturated heterocycles. The van der Waals surface area contributed by atoms with E-state index in [0.717, 1.165) is 36.3 Å². The number of hydrazine groups is 1. The van der Waals surface area contributed by atoms with Crippen LogP contribution < -0.4 is 21.5 Å². The van der Waals surface area contributed by atoms with Gasteiger partial charge in [0.05, 0.1) is 6.04 Å². The maximum atomic E-state index is 14.8. The van der Waals surface area contributed by atoms with Gasteiger partial charge in [-0.25, -0.2) is 15.2 Å². The summed E-state index contributed by atoms with van der Waals surface area (Å²) in [5, 5.41) is 17.7. The molecule has 0 spiro atoms. The largest absolute Gasteiger partial charge is 0.508 e. The van der Waals surface area contributed by atoms with E-state index in [-0.39, 0.29) is 72.5 Å². The van der Waals surface area contributed by atoms with Crippen molar-refractivity contribution in [2.24, 2.45) is 17.8 Å². The average Bonchev–Trinajstić information content (AvgIpc) is 3.78. The number of phenolic OH excluding ortho intramolecular Hbond substituents is 1. The minimum Gasteiger partial charge on any atom is -0.508 e. The number of hydrogen-bond acceptors (Lipinski definition) is 15. The van der Waals surface area contributed by atoms with Crippen molar-refractivity contribution in [1.82, 2.24) is 36.3 Å². The molecule has 1 fully saturated rings. The predicted molar refractivity (Wildman–Crippen MR) is 252 cm³/mol. The molecular weight excluding hydrogens is 891 g/mol. The molecule has 1 unspecified atom stereocenters. The maximum Gasteiger partial charge on any atom is 0.426 e. The molecule has 66 heavy (non-hydrogen) atoms. The molecule has 0 saturated carbocycles. The number of hydrogen-bond donors (Lipinski definition) is 5. The van der Waals surface area contributed by atoms with Crippen LogP contribution in [-0.4, -0.2) is 125 Å². The molecule has 5 N–H and O–H groups in total. The fourth-order valence-electron chi connectivity index (χ4n) is 7.57. The van der Waals surface area contributed by atoms with Crippen LogP contribution in [0.2, 0.25) is 0 Å². The number of benzene rings is 1. The Kier molecular flexibility index (Phi) is 23.7. The van der Waals surface area contributed by atoms with Crippen molar-refractivity contribution in [2.75, 3.05) is 38.9 Å². The number of esters is 2. The fourth-order valence-corrected chi connectivity index (χ4v) is 8.66. The number of likely N-dealkylation sites (N-methyl/N-ethyl adjacent to an activating group) is 1. The van der Waals surface area contributed by atoms with Gasteiger partial charge in [-0.1, -0.05) is 66.5 Å². The van der Waals surface area contributed by atoms with E-state index >= 15 is 0 Å². The van der Waals surface area contributed by atoms with Gasteiger partial charge in [0.15, 0.2) is 12.8 Å². The Hall–Kier alpha value is -4.95. The minimum atomic E-state index is -1.04. The molecule has 7 atom stereocenters. The number of aromatic nitrogens is 1. The lowest BCUT2D eigenvalue weighted by Gasteiger charge is -2.39. The Morgan fingerprint density at radius 1 is 0.985 bits per heavy atom. The second kappa shape index (κ2) is 28.3. The van der Waals surface area contributed by atoms with Crippen molar-refractivity contribution in [3.63, 3.8) is 0 Å². The lowest BCUT2D eigenvalue weighted by Crippen LogP contribution is -2.59. The number of carbonyl (C=O) groups excluding carboxylic acids is 7. The van der Waals surface area contributed by atoms with Gasteiger partial charge in [0.25, 0.3) is 5.91 Å². The van der Waals surface area contributed by atoms with Crippen LogP contribution in [0.25, 0.3) is 0 Å². The molecule has 1 aliphatic heterocycles. The van der Waals surface area contributed by atoms with Crippen LogP contribution in [0.3, 0.4) is 0 Å². The molecule has 5 amide bonds. The van der Waals surface area contributed by atoms with Gasteiger partial charge in [-0.3, -0.25) is 39.1 Å². The lowest BCUT2D eigenvalue weighted by atomic mass is 9.92. The molecule has 2 aromatic rings.